The van der Waals surface area contributed by atoms with E-state index in [-0.39, 0.29) is 5.54 Å². The highest BCUT2D eigenvalue weighted by Gasteiger charge is 2.25. The minimum absolute atomic E-state index is 0.0578. The van der Waals surface area contributed by atoms with Gasteiger partial charge in [-0.25, -0.2) is 0 Å². The van der Waals surface area contributed by atoms with Gasteiger partial charge in [-0.3, -0.25) is 0 Å². The van der Waals surface area contributed by atoms with E-state index < -0.39 is 0 Å². The Morgan fingerprint density at radius 2 is 1.45 bits per heavy atom. The number of benzene rings is 2. The van der Waals surface area contributed by atoms with Gasteiger partial charge in [-0.05, 0) is 44.5 Å². The summed E-state index contributed by atoms with van der Waals surface area (Å²) in [5.74, 6) is 6.65. The van der Waals surface area contributed by atoms with Gasteiger partial charge in [-0.1, -0.05) is 42.2 Å². The third-order valence-electron chi connectivity index (χ3n) is 3.68. The van der Waals surface area contributed by atoms with Crippen LogP contribution in [0.3, 0.4) is 0 Å². The van der Waals surface area contributed by atoms with Gasteiger partial charge in [-0.2, -0.15) is 0 Å². The maximum Gasteiger partial charge on any atom is 0.0532 e. The van der Waals surface area contributed by atoms with Gasteiger partial charge in [0.05, 0.1) is 5.69 Å². The van der Waals surface area contributed by atoms with Crippen LogP contribution in [0.15, 0.2) is 48.5 Å². The van der Waals surface area contributed by atoms with Crippen molar-refractivity contribution in [3.63, 3.8) is 0 Å². The zero-order valence-electron chi connectivity index (χ0n) is 12.3. The first-order chi connectivity index (χ1) is 9.55. The molecule has 0 atom stereocenters. The van der Waals surface area contributed by atoms with Gasteiger partial charge in [0.1, 0.15) is 0 Å². The first kappa shape index (κ1) is 12.8. The van der Waals surface area contributed by atoms with Crippen molar-refractivity contribution in [2.75, 3.05) is 4.90 Å². The lowest BCUT2D eigenvalue weighted by molar-refractivity contribution is 0.500. The van der Waals surface area contributed by atoms with Crippen LogP contribution in [0.5, 0.6) is 0 Å². The fraction of sp³-hybridized carbons (Fsp3) is 0.263. The van der Waals surface area contributed by atoms with Crippen LogP contribution < -0.4 is 4.90 Å². The highest BCUT2D eigenvalue weighted by molar-refractivity contribution is 5.65. The van der Waals surface area contributed by atoms with Gasteiger partial charge in [0.25, 0.3) is 0 Å². The Labute approximate surface area is 121 Å². The van der Waals surface area contributed by atoms with Crippen LogP contribution in [0, 0.1) is 11.8 Å². The summed E-state index contributed by atoms with van der Waals surface area (Å²) in [5.41, 5.74) is 4.82. The van der Waals surface area contributed by atoms with Gasteiger partial charge in [0, 0.05) is 23.2 Å². The van der Waals surface area contributed by atoms with E-state index >= 15 is 0 Å². The second kappa shape index (κ2) is 4.72. The summed E-state index contributed by atoms with van der Waals surface area (Å²) >= 11 is 0. The van der Waals surface area contributed by atoms with Crippen molar-refractivity contribution in [3.8, 4) is 11.8 Å². The second-order valence-electron chi connectivity index (χ2n) is 6.18. The third kappa shape index (κ3) is 2.30. The van der Waals surface area contributed by atoms with Crippen molar-refractivity contribution in [1.82, 2.24) is 0 Å². The second-order valence-corrected chi connectivity index (χ2v) is 6.18. The van der Waals surface area contributed by atoms with Crippen molar-refractivity contribution < 1.29 is 0 Å². The lowest BCUT2D eigenvalue weighted by Crippen LogP contribution is -2.41. The minimum atomic E-state index is 0.0578. The SMILES string of the molecule is CC(C)(C)N1Cc2ccccc2C#Cc2ccccc21. The van der Waals surface area contributed by atoms with Crippen LogP contribution in [-0.4, -0.2) is 5.54 Å². The predicted octanol–water partition coefficient (Wildman–Crippen LogP) is 4.20. The molecular weight excluding hydrogens is 242 g/mol. The molecule has 1 heterocycles. The van der Waals surface area contributed by atoms with Crippen molar-refractivity contribution in [3.05, 3.63) is 65.2 Å². The number of fused-ring (bicyclic) bond motifs is 2. The molecule has 0 spiro atoms. The molecule has 1 aliphatic heterocycles. The maximum atomic E-state index is 3.33. The molecule has 0 radical (unpaired) electrons. The fourth-order valence-corrected chi connectivity index (χ4v) is 2.58. The Balaban J connectivity index is 2.23. The standard InChI is InChI=1S/C19H19N/c1-19(2,3)20-14-17-10-5-4-8-15(17)12-13-16-9-6-7-11-18(16)20/h4-11H,14H2,1-3H3. The number of hydrogen-bond acceptors (Lipinski definition) is 1. The smallest absolute Gasteiger partial charge is 0.0532 e. The lowest BCUT2D eigenvalue weighted by atomic mass is 9.97. The molecule has 3 rings (SSSR count). The van der Waals surface area contributed by atoms with Crippen LogP contribution in [0.4, 0.5) is 5.69 Å². The number of hydrogen-bond donors (Lipinski definition) is 0. The molecule has 1 nitrogen and oxygen atoms in total. The Morgan fingerprint density at radius 1 is 0.850 bits per heavy atom. The van der Waals surface area contributed by atoms with E-state index in [1.165, 1.54) is 11.3 Å². The average molecular weight is 261 g/mol. The summed E-state index contributed by atoms with van der Waals surface area (Å²) in [6, 6.07) is 16.9. The van der Waals surface area contributed by atoms with Crippen molar-refractivity contribution >= 4 is 5.69 Å². The molecule has 2 aromatic rings. The summed E-state index contributed by atoms with van der Waals surface area (Å²) in [7, 11) is 0. The molecule has 100 valence electrons. The van der Waals surface area contributed by atoms with E-state index in [9.17, 15) is 0 Å². The van der Waals surface area contributed by atoms with Crippen molar-refractivity contribution in [1.29, 1.82) is 0 Å². The Bertz CT molecular complexity index is 695. The van der Waals surface area contributed by atoms with E-state index in [0.29, 0.717) is 0 Å². The van der Waals surface area contributed by atoms with E-state index in [4.69, 9.17) is 0 Å². The molecule has 0 unspecified atom stereocenters. The van der Waals surface area contributed by atoms with Crippen LogP contribution >= 0.6 is 0 Å². The first-order valence-corrected chi connectivity index (χ1v) is 7.02. The van der Waals surface area contributed by atoms with Crippen LogP contribution in [-0.2, 0) is 6.54 Å². The molecule has 0 aromatic heterocycles. The van der Waals surface area contributed by atoms with E-state index in [2.05, 4.69) is 86.0 Å². The maximum absolute atomic E-state index is 3.33. The summed E-state index contributed by atoms with van der Waals surface area (Å²) in [6.07, 6.45) is 0. The predicted molar refractivity (Wildman–Crippen MR) is 84.8 cm³/mol. The molecule has 0 saturated heterocycles. The zero-order chi connectivity index (χ0) is 14.2. The molecule has 0 bridgehead atoms. The Kier molecular flexibility index (Phi) is 3.03. The van der Waals surface area contributed by atoms with Crippen LogP contribution in [0.1, 0.15) is 37.5 Å². The molecule has 2 aromatic carbocycles. The normalized spacial score (nSPS) is 13.4. The molecule has 0 amide bonds. The van der Waals surface area contributed by atoms with E-state index in [0.717, 1.165) is 17.7 Å². The summed E-state index contributed by atoms with van der Waals surface area (Å²) in [4.78, 5) is 2.44. The van der Waals surface area contributed by atoms with Gasteiger partial charge < -0.3 is 4.90 Å². The summed E-state index contributed by atoms with van der Waals surface area (Å²) in [6.45, 7) is 7.65. The average Bonchev–Trinajstić information content (AvgIpc) is 2.40. The summed E-state index contributed by atoms with van der Waals surface area (Å²) < 4.78 is 0. The van der Waals surface area contributed by atoms with E-state index in [1.807, 2.05) is 0 Å². The van der Waals surface area contributed by atoms with Gasteiger partial charge in [-0.15, -0.1) is 0 Å². The third-order valence-corrected chi connectivity index (χ3v) is 3.68. The number of anilines is 1. The van der Waals surface area contributed by atoms with Crippen LogP contribution in [0.25, 0.3) is 0 Å². The highest BCUT2D eigenvalue weighted by Crippen LogP contribution is 2.30. The lowest BCUT2D eigenvalue weighted by Gasteiger charge is -2.39. The molecule has 1 heteroatoms. The summed E-state index contributed by atoms with van der Waals surface area (Å²) in [5, 5.41) is 0. The van der Waals surface area contributed by atoms with Crippen molar-refractivity contribution in [2.45, 2.75) is 32.9 Å². The molecular formula is C19H19N. The number of rotatable bonds is 0. The molecule has 0 N–H and O–H groups in total. The van der Waals surface area contributed by atoms with Gasteiger partial charge >= 0.3 is 0 Å². The fourth-order valence-electron chi connectivity index (χ4n) is 2.58. The van der Waals surface area contributed by atoms with Crippen LogP contribution in [0.2, 0.25) is 0 Å². The number of nitrogens with zero attached hydrogens (tertiary/aromatic N) is 1. The topological polar surface area (TPSA) is 3.24 Å². The zero-order valence-corrected chi connectivity index (χ0v) is 12.3. The number of para-hydroxylation sites is 1. The largest absolute Gasteiger partial charge is 0.361 e. The molecule has 1 aliphatic rings. The van der Waals surface area contributed by atoms with E-state index in [1.54, 1.807) is 0 Å². The quantitative estimate of drug-likeness (QED) is 0.642. The Morgan fingerprint density at radius 3 is 2.20 bits per heavy atom. The molecule has 0 fully saturated rings. The van der Waals surface area contributed by atoms with Gasteiger partial charge in [0.15, 0.2) is 0 Å². The monoisotopic (exact) mass is 261 g/mol. The molecule has 0 saturated carbocycles. The van der Waals surface area contributed by atoms with Gasteiger partial charge in [0.2, 0.25) is 0 Å². The molecule has 20 heavy (non-hydrogen) atoms. The minimum Gasteiger partial charge on any atom is -0.361 e. The molecule has 0 aliphatic carbocycles. The highest BCUT2D eigenvalue weighted by atomic mass is 15.2. The van der Waals surface area contributed by atoms with Crippen molar-refractivity contribution in [2.24, 2.45) is 0 Å². The first-order valence-electron chi connectivity index (χ1n) is 7.02. The Hall–Kier alpha value is -2.20.